The van der Waals surface area contributed by atoms with E-state index in [-0.39, 0.29) is 6.42 Å². The molecule has 0 N–H and O–H groups in total. The summed E-state index contributed by atoms with van der Waals surface area (Å²) in [5.41, 5.74) is 2.93. The van der Waals surface area contributed by atoms with Crippen LogP contribution in [0.4, 0.5) is 8.78 Å². The number of aromatic nitrogens is 5. The van der Waals surface area contributed by atoms with Gasteiger partial charge < -0.3 is 4.57 Å². The van der Waals surface area contributed by atoms with Crippen LogP contribution in [0.15, 0.2) is 36.9 Å². The van der Waals surface area contributed by atoms with Gasteiger partial charge in [-0.3, -0.25) is 0 Å². The van der Waals surface area contributed by atoms with E-state index in [9.17, 15) is 8.78 Å². The highest BCUT2D eigenvalue weighted by Crippen LogP contribution is 2.31. The number of imidazole rings is 1. The van der Waals surface area contributed by atoms with Crippen LogP contribution in [0, 0.1) is 0 Å². The van der Waals surface area contributed by atoms with E-state index in [0.29, 0.717) is 12.2 Å². The summed E-state index contributed by atoms with van der Waals surface area (Å²) in [5, 5.41) is 4.19. The second kappa shape index (κ2) is 4.47. The Morgan fingerprint density at radius 3 is 2.90 bits per heavy atom. The molecular formula is C14H11F2N5. The number of fused-ring (bicyclic) bond motifs is 5. The molecule has 3 heterocycles. The van der Waals surface area contributed by atoms with Crippen LogP contribution >= 0.6 is 0 Å². The molecule has 0 aliphatic carbocycles. The minimum absolute atomic E-state index is 0.353. The van der Waals surface area contributed by atoms with Crippen molar-refractivity contribution in [3.05, 3.63) is 48.3 Å². The van der Waals surface area contributed by atoms with Gasteiger partial charge in [0.15, 0.2) is 5.82 Å². The maximum atomic E-state index is 12.7. The quantitative estimate of drug-likeness (QED) is 0.568. The molecule has 4 rings (SSSR count). The van der Waals surface area contributed by atoms with Gasteiger partial charge in [-0.2, -0.15) is 5.10 Å². The van der Waals surface area contributed by atoms with Crippen molar-refractivity contribution >= 4 is 0 Å². The summed E-state index contributed by atoms with van der Waals surface area (Å²) in [6, 6.07) is 7.69. The molecule has 0 saturated carbocycles. The van der Waals surface area contributed by atoms with Gasteiger partial charge in [0.2, 0.25) is 6.43 Å². The Hall–Kier alpha value is -2.57. The third-order valence-corrected chi connectivity index (χ3v) is 3.62. The van der Waals surface area contributed by atoms with Gasteiger partial charge in [0.05, 0.1) is 36.4 Å². The minimum Gasteiger partial charge on any atom is -0.300 e. The average Bonchev–Trinajstić information content (AvgIpc) is 3.05. The summed E-state index contributed by atoms with van der Waals surface area (Å²) in [4.78, 5) is 8.44. The summed E-state index contributed by atoms with van der Waals surface area (Å²) in [7, 11) is 0. The Bertz CT molecular complexity index is 805. The smallest absolute Gasteiger partial charge is 0.244 e. The van der Waals surface area contributed by atoms with Gasteiger partial charge in [0.1, 0.15) is 6.33 Å². The number of halogens is 2. The fourth-order valence-corrected chi connectivity index (χ4v) is 2.71. The first kappa shape index (κ1) is 12.2. The molecule has 5 nitrogen and oxygen atoms in total. The lowest BCUT2D eigenvalue weighted by molar-refractivity contribution is 0.147. The van der Waals surface area contributed by atoms with Crippen LogP contribution in [0.2, 0.25) is 0 Å². The molecule has 3 aromatic rings. The van der Waals surface area contributed by atoms with Crippen molar-refractivity contribution in [2.24, 2.45) is 0 Å². The minimum atomic E-state index is -2.42. The van der Waals surface area contributed by atoms with Gasteiger partial charge in [-0.25, -0.2) is 23.4 Å². The maximum Gasteiger partial charge on any atom is 0.244 e. The maximum absolute atomic E-state index is 12.7. The highest BCUT2D eigenvalue weighted by Gasteiger charge is 2.24. The summed E-state index contributed by atoms with van der Waals surface area (Å²) in [5.74, 6) is 0.734. The predicted octanol–water partition coefficient (Wildman–Crippen LogP) is 2.30. The molecule has 0 fully saturated rings. The van der Waals surface area contributed by atoms with Gasteiger partial charge in [-0.1, -0.05) is 12.1 Å². The van der Waals surface area contributed by atoms with Crippen molar-refractivity contribution in [2.75, 3.05) is 0 Å². The van der Waals surface area contributed by atoms with Crippen molar-refractivity contribution in [2.45, 2.75) is 19.4 Å². The molecule has 0 atom stereocenters. The standard InChI is InChI=1S/C14H11F2N5/c15-13(16)5-10-12-6-21-14(17-7-19-21)9-3-1-2-4-11(9)20(12)8-18-10/h1-4,7-8,13H,5-6H2. The molecular weight excluding hydrogens is 276 g/mol. The van der Waals surface area contributed by atoms with E-state index >= 15 is 0 Å². The highest BCUT2D eigenvalue weighted by molar-refractivity contribution is 5.69. The van der Waals surface area contributed by atoms with Gasteiger partial charge >= 0.3 is 0 Å². The fourth-order valence-electron chi connectivity index (χ4n) is 2.71. The molecule has 1 aliphatic rings. The lowest BCUT2D eigenvalue weighted by atomic mass is 10.1. The average molecular weight is 287 g/mol. The Labute approximate surface area is 118 Å². The molecule has 0 spiro atoms. The lowest BCUT2D eigenvalue weighted by Gasteiger charge is -2.08. The van der Waals surface area contributed by atoms with Crippen LogP contribution in [-0.4, -0.2) is 30.7 Å². The second-order valence-corrected chi connectivity index (χ2v) is 4.86. The van der Waals surface area contributed by atoms with Crippen LogP contribution in [-0.2, 0) is 13.0 Å². The van der Waals surface area contributed by atoms with Crippen LogP contribution in [0.5, 0.6) is 0 Å². The number of alkyl halides is 2. The molecule has 2 aromatic heterocycles. The summed E-state index contributed by atoms with van der Waals surface area (Å²) in [6.07, 6.45) is 0.302. The second-order valence-electron chi connectivity index (χ2n) is 4.86. The number of hydrogen-bond donors (Lipinski definition) is 0. The Balaban J connectivity index is 1.97. The van der Waals surface area contributed by atoms with Crippen LogP contribution in [0.3, 0.4) is 0 Å². The number of para-hydroxylation sites is 1. The van der Waals surface area contributed by atoms with Crippen LogP contribution in [0.25, 0.3) is 17.1 Å². The van der Waals surface area contributed by atoms with Gasteiger partial charge in [-0.15, -0.1) is 0 Å². The topological polar surface area (TPSA) is 48.5 Å². The van der Waals surface area contributed by atoms with E-state index in [0.717, 1.165) is 22.8 Å². The largest absolute Gasteiger partial charge is 0.300 e. The third kappa shape index (κ3) is 1.84. The zero-order valence-electron chi connectivity index (χ0n) is 10.9. The zero-order valence-corrected chi connectivity index (χ0v) is 10.9. The third-order valence-electron chi connectivity index (χ3n) is 3.62. The Kier molecular flexibility index (Phi) is 2.60. The molecule has 0 bridgehead atoms. The Morgan fingerprint density at radius 2 is 2.05 bits per heavy atom. The molecule has 0 amide bonds. The SMILES string of the molecule is FC(F)Cc1ncn2c1Cn1ncnc1-c1ccccc1-2. The molecule has 21 heavy (non-hydrogen) atoms. The van der Waals surface area contributed by atoms with Crippen molar-refractivity contribution in [3.63, 3.8) is 0 Å². The van der Waals surface area contributed by atoms with E-state index < -0.39 is 6.43 Å². The zero-order chi connectivity index (χ0) is 14.4. The van der Waals surface area contributed by atoms with Gasteiger partial charge in [0, 0.05) is 5.56 Å². The summed E-state index contributed by atoms with van der Waals surface area (Å²) >= 11 is 0. The Morgan fingerprint density at radius 1 is 1.19 bits per heavy atom. The van der Waals surface area contributed by atoms with Crippen LogP contribution < -0.4 is 0 Å². The van der Waals surface area contributed by atoms with E-state index in [1.54, 1.807) is 11.0 Å². The first-order valence-electron chi connectivity index (χ1n) is 6.55. The monoisotopic (exact) mass is 287 g/mol. The van der Waals surface area contributed by atoms with E-state index in [2.05, 4.69) is 15.1 Å². The first-order chi connectivity index (χ1) is 10.2. The van der Waals surface area contributed by atoms with Crippen molar-refractivity contribution < 1.29 is 8.78 Å². The number of rotatable bonds is 2. The number of benzene rings is 1. The van der Waals surface area contributed by atoms with E-state index in [1.165, 1.54) is 6.33 Å². The van der Waals surface area contributed by atoms with Crippen LogP contribution in [0.1, 0.15) is 11.4 Å². The molecule has 0 saturated heterocycles. The molecule has 0 radical (unpaired) electrons. The van der Waals surface area contributed by atoms with Crippen molar-refractivity contribution in [3.8, 4) is 17.1 Å². The van der Waals surface area contributed by atoms with Gasteiger partial charge in [0.25, 0.3) is 0 Å². The first-order valence-corrected chi connectivity index (χ1v) is 6.55. The van der Waals surface area contributed by atoms with E-state index in [4.69, 9.17) is 0 Å². The fraction of sp³-hybridized carbons (Fsp3) is 0.214. The molecule has 1 aliphatic heterocycles. The van der Waals surface area contributed by atoms with Crippen molar-refractivity contribution in [1.29, 1.82) is 0 Å². The normalized spacial score (nSPS) is 12.7. The lowest BCUT2D eigenvalue weighted by Crippen LogP contribution is -2.09. The number of nitrogens with zero attached hydrogens (tertiary/aromatic N) is 5. The van der Waals surface area contributed by atoms with Crippen molar-refractivity contribution in [1.82, 2.24) is 24.3 Å². The summed E-state index contributed by atoms with van der Waals surface area (Å²) < 4.78 is 29.0. The number of hydrogen-bond acceptors (Lipinski definition) is 3. The van der Waals surface area contributed by atoms with Gasteiger partial charge in [-0.05, 0) is 12.1 Å². The summed E-state index contributed by atoms with van der Waals surface area (Å²) in [6.45, 7) is 0.381. The molecule has 7 heteroatoms. The predicted molar refractivity (Wildman–Crippen MR) is 71.4 cm³/mol. The molecule has 0 unspecified atom stereocenters. The molecule has 1 aromatic carbocycles. The molecule has 106 valence electrons. The van der Waals surface area contributed by atoms with E-state index in [1.807, 2.05) is 28.8 Å². The highest BCUT2D eigenvalue weighted by atomic mass is 19.3.